The second kappa shape index (κ2) is 6.80. The van der Waals surface area contributed by atoms with Gasteiger partial charge in [-0.25, -0.2) is 0 Å². The molecule has 0 radical (unpaired) electrons. The van der Waals surface area contributed by atoms with Gasteiger partial charge in [0.15, 0.2) is 0 Å². The molecular formula is C17H30N2O2. The Morgan fingerprint density at radius 2 is 1.90 bits per heavy atom. The highest BCUT2D eigenvalue weighted by atomic mass is 16.2. The molecule has 1 saturated carbocycles. The van der Waals surface area contributed by atoms with Crippen LogP contribution in [0.3, 0.4) is 0 Å². The van der Waals surface area contributed by atoms with Crippen LogP contribution in [-0.2, 0) is 9.59 Å². The van der Waals surface area contributed by atoms with E-state index in [2.05, 4.69) is 26.1 Å². The van der Waals surface area contributed by atoms with Gasteiger partial charge >= 0.3 is 0 Å². The summed E-state index contributed by atoms with van der Waals surface area (Å²) in [7, 11) is 0. The fourth-order valence-corrected chi connectivity index (χ4v) is 3.73. The zero-order valence-electron chi connectivity index (χ0n) is 13.8. The molecule has 2 unspecified atom stereocenters. The molecule has 2 atom stereocenters. The Kier molecular flexibility index (Phi) is 5.28. The van der Waals surface area contributed by atoms with Crippen molar-refractivity contribution in [2.75, 3.05) is 6.54 Å². The normalized spacial score (nSPS) is 26.8. The first kappa shape index (κ1) is 16.3. The summed E-state index contributed by atoms with van der Waals surface area (Å²) in [5.41, 5.74) is -0.547. The highest BCUT2D eigenvalue weighted by Crippen LogP contribution is 2.37. The lowest BCUT2D eigenvalue weighted by Gasteiger charge is -2.51. The van der Waals surface area contributed by atoms with Crippen LogP contribution in [-0.4, -0.2) is 34.8 Å². The lowest BCUT2D eigenvalue weighted by atomic mass is 9.76. The van der Waals surface area contributed by atoms with Gasteiger partial charge in [-0.15, -0.1) is 0 Å². The van der Waals surface area contributed by atoms with Gasteiger partial charge in [0.1, 0.15) is 11.6 Å². The van der Waals surface area contributed by atoms with Crippen molar-refractivity contribution < 1.29 is 9.59 Å². The molecule has 4 nitrogen and oxygen atoms in total. The number of hydrogen-bond acceptors (Lipinski definition) is 2. The number of unbranched alkanes of at least 4 members (excludes halogenated alkanes) is 1. The first-order valence-corrected chi connectivity index (χ1v) is 8.69. The van der Waals surface area contributed by atoms with E-state index >= 15 is 0 Å². The zero-order chi connectivity index (χ0) is 15.5. The van der Waals surface area contributed by atoms with E-state index in [9.17, 15) is 9.59 Å². The molecule has 1 aliphatic heterocycles. The molecule has 1 aliphatic carbocycles. The first-order valence-electron chi connectivity index (χ1n) is 8.69. The van der Waals surface area contributed by atoms with Crippen molar-refractivity contribution in [1.82, 2.24) is 10.2 Å². The third-order valence-corrected chi connectivity index (χ3v) is 5.39. The predicted octanol–water partition coefficient (Wildman–Crippen LogP) is 2.86. The van der Waals surface area contributed by atoms with E-state index < -0.39 is 5.54 Å². The fraction of sp³-hybridized carbons (Fsp3) is 0.882. The molecule has 2 fully saturated rings. The molecule has 2 rings (SSSR count). The van der Waals surface area contributed by atoms with E-state index in [-0.39, 0.29) is 23.8 Å². The quantitative estimate of drug-likeness (QED) is 0.847. The lowest BCUT2D eigenvalue weighted by Crippen LogP contribution is -2.72. The summed E-state index contributed by atoms with van der Waals surface area (Å²) < 4.78 is 0. The number of carbonyl (C=O) groups is 2. The molecule has 4 heteroatoms. The van der Waals surface area contributed by atoms with Crippen molar-refractivity contribution in [3.63, 3.8) is 0 Å². The molecule has 0 bridgehead atoms. The Bertz CT molecular complexity index is 388. The minimum Gasteiger partial charge on any atom is -0.342 e. The summed E-state index contributed by atoms with van der Waals surface area (Å²) in [5, 5.41) is 3.05. The van der Waals surface area contributed by atoms with Gasteiger partial charge in [-0.1, -0.05) is 52.9 Å². The molecule has 0 aromatic heterocycles. The summed E-state index contributed by atoms with van der Waals surface area (Å²) in [5.74, 6) is 0.453. The number of nitrogens with one attached hydrogen (secondary N) is 1. The largest absolute Gasteiger partial charge is 0.342 e. The van der Waals surface area contributed by atoms with Crippen LogP contribution in [0.1, 0.15) is 72.1 Å². The summed E-state index contributed by atoms with van der Waals surface area (Å²) in [6.07, 6.45) is 7.89. The van der Waals surface area contributed by atoms with E-state index in [0.717, 1.165) is 51.5 Å². The maximum Gasteiger partial charge on any atom is 0.246 e. The molecule has 21 heavy (non-hydrogen) atoms. The molecule has 1 heterocycles. The van der Waals surface area contributed by atoms with Crippen LogP contribution < -0.4 is 5.32 Å². The molecule has 1 N–H and O–H groups in total. The SMILES string of the molecule is CCCCN1C(=O)C(C(C)CC)NC(=O)C12CCCCC2. The first-order chi connectivity index (χ1) is 10.1. The molecule has 2 amide bonds. The number of hydrogen-bond donors (Lipinski definition) is 1. The molecule has 0 aromatic rings. The third kappa shape index (κ3) is 2.95. The van der Waals surface area contributed by atoms with E-state index in [0.29, 0.717) is 0 Å². The van der Waals surface area contributed by atoms with Gasteiger partial charge < -0.3 is 10.2 Å². The molecular weight excluding hydrogens is 264 g/mol. The molecule has 1 spiro atoms. The van der Waals surface area contributed by atoms with Crippen LogP contribution in [0.4, 0.5) is 0 Å². The Morgan fingerprint density at radius 1 is 1.24 bits per heavy atom. The van der Waals surface area contributed by atoms with Gasteiger partial charge in [0, 0.05) is 6.54 Å². The molecule has 2 aliphatic rings. The maximum atomic E-state index is 13.0. The highest BCUT2D eigenvalue weighted by molar-refractivity contribution is 6.00. The van der Waals surface area contributed by atoms with E-state index in [1.165, 1.54) is 6.42 Å². The number of piperazine rings is 1. The number of carbonyl (C=O) groups excluding carboxylic acids is 2. The van der Waals surface area contributed by atoms with Crippen molar-refractivity contribution in [1.29, 1.82) is 0 Å². The predicted molar refractivity (Wildman–Crippen MR) is 83.8 cm³/mol. The van der Waals surface area contributed by atoms with E-state index in [4.69, 9.17) is 0 Å². The number of rotatable bonds is 5. The van der Waals surface area contributed by atoms with E-state index in [1.54, 1.807) is 0 Å². The van der Waals surface area contributed by atoms with Crippen molar-refractivity contribution in [2.45, 2.75) is 83.7 Å². The van der Waals surface area contributed by atoms with Crippen molar-refractivity contribution in [3.05, 3.63) is 0 Å². The topological polar surface area (TPSA) is 49.4 Å². The monoisotopic (exact) mass is 294 g/mol. The average molecular weight is 294 g/mol. The number of nitrogens with zero attached hydrogens (tertiary/aromatic N) is 1. The molecule has 0 aromatic carbocycles. The summed E-state index contributed by atoms with van der Waals surface area (Å²) in [4.78, 5) is 27.7. The minimum absolute atomic E-state index is 0.100. The smallest absolute Gasteiger partial charge is 0.246 e. The Hall–Kier alpha value is -1.06. The Morgan fingerprint density at radius 3 is 2.48 bits per heavy atom. The third-order valence-electron chi connectivity index (χ3n) is 5.39. The molecule has 120 valence electrons. The molecule has 1 saturated heterocycles. The van der Waals surface area contributed by atoms with Crippen LogP contribution >= 0.6 is 0 Å². The fourth-order valence-electron chi connectivity index (χ4n) is 3.73. The lowest BCUT2D eigenvalue weighted by molar-refractivity contribution is -0.161. The van der Waals surface area contributed by atoms with Crippen molar-refractivity contribution in [2.24, 2.45) is 5.92 Å². The zero-order valence-corrected chi connectivity index (χ0v) is 13.8. The highest BCUT2D eigenvalue weighted by Gasteiger charge is 2.52. The van der Waals surface area contributed by atoms with Gasteiger partial charge in [0.25, 0.3) is 0 Å². The summed E-state index contributed by atoms with van der Waals surface area (Å²) >= 11 is 0. The van der Waals surface area contributed by atoms with Gasteiger partial charge in [-0.2, -0.15) is 0 Å². The average Bonchev–Trinajstić information content (AvgIpc) is 2.51. The maximum absolute atomic E-state index is 13.0. The standard InChI is InChI=1S/C17H30N2O2/c1-4-6-12-19-15(20)14(13(3)5-2)18-16(21)17(19)10-8-7-9-11-17/h13-14H,4-12H2,1-3H3,(H,18,21). The van der Waals surface area contributed by atoms with Crippen LogP contribution in [0.25, 0.3) is 0 Å². The van der Waals surface area contributed by atoms with Gasteiger partial charge in [-0.3, -0.25) is 9.59 Å². The minimum atomic E-state index is -0.547. The Balaban J connectivity index is 2.28. The van der Waals surface area contributed by atoms with Gasteiger partial charge in [0.05, 0.1) is 0 Å². The van der Waals surface area contributed by atoms with Crippen molar-refractivity contribution in [3.8, 4) is 0 Å². The van der Waals surface area contributed by atoms with Gasteiger partial charge in [-0.05, 0) is 25.2 Å². The van der Waals surface area contributed by atoms with Crippen LogP contribution in [0.15, 0.2) is 0 Å². The summed E-state index contributed by atoms with van der Waals surface area (Å²) in [6, 6.07) is -0.327. The van der Waals surface area contributed by atoms with Crippen LogP contribution in [0.2, 0.25) is 0 Å². The number of amides is 2. The second-order valence-corrected chi connectivity index (χ2v) is 6.77. The Labute approximate surface area is 128 Å². The van der Waals surface area contributed by atoms with Crippen molar-refractivity contribution >= 4 is 11.8 Å². The van der Waals surface area contributed by atoms with Crippen LogP contribution in [0, 0.1) is 5.92 Å². The van der Waals surface area contributed by atoms with E-state index in [1.807, 2.05) is 4.90 Å². The van der Waals surface area contributed by atoms with Gasteiger partial charge in [0.2, 0.25) is 11.8 Å². The second-order valence-electron chi connectivity index (χ2n) is 6.77. The van der Waals surface area contributed by atoms with Crippen LogP contribution in [0.5, 0.6) is 0 Å². The summed E-state index contributed by atoms with van der Waals surface area (Å²) in [6.45, 7) is 7.00.